The highest BCUT2D eigenvalue weighted by atomic mass is 32.1. The molecule has 0 fully saturated rings. The summed E-state index contributed by atoms with van der Waals surface area (Å²) in [4.78, 5) is 4.44. The van der Waals surface area contributed by atoms with Gasteiger partial charge >= 0.3 is 0 Å². The Balaban J connectivity index is 2.23. The molecule has 2 rings (SSSR count). The van der Waals surface area contributed by atoms with E-state index in [4.69, 9.17) is 5.26 Å². The number of nitriles is 1. The van der Waals surface area contributed by atoms with Crippen molar-refractivity contribution in [3.05, 3.63) is 41.2 Å². The first-order valence-corrected chi connectivity index (χ1v) is 4.99. The second kappa shape index (κ2) is 4.07. The molecule has 1 N–H and O–H groups in total. The Hall–Kier alpha value is -1.93. The topological polar surface area (TPSA) is 48.7 Å². The summed E-state index contributed by atoms with van der Waals surface area (Å²) in [7, 11) is 0. The summed E-state index contributed by atoms with van der Waals surface area (Å²) in [6, 6.07) is 8.29. The largest absolute Gasteiger partial charge is 0.329 e. The van der Waals surface area contributed by atoms with Gasteiger partial charge in [0.2, 0.25) is 0 Å². The fourth-order valence-electron chi connectivity index (χ4n) is 1.06. The third-order valence-corrected chi connectivity index (χ3v) is 2.55. The Morgan fingerprint density at radius 1 is 1.40 bits per heavy atom. The average molecular weight is 219 g/mol. The maximum Gasteiger partial charge on any atom is 0.188 e. The smallest absolute Gasteiger partial charge is 0.188 e. The zero-order valence-electron chi connectivity index (χ0n) is 7.57. The number of anilines is 2. The summed E-state index contributed by atoms with van der Waals surface area (Å²) < 4.78 is 13.2. The lowest BCUT2D eigenvalue weighted by Crippen LogP contribution is -1.91. The Morgan fingerprint density at radius 3 is 2.87 bits per heavy atom. The van der Waals surface area contributed by atoms with E-state index >= 15 is 0 Å². The molecule has 0 saturated heterocycles. The van der Waals surface area contributed by atoms with Crippen LogP contribution in [-0.2, 0) is 0 Å². The Kier molecular flexibility index (Phi) is 2.61. The number of para-hydroxylation sites is 1. The third-order valence-electron chi connectivity index (χ3n) is 1.73. The molecule has 0 unspecified atom stereocenters. The van der Waals surface area contributed by atoms with Gasteiger partial charge in [-0.2, -0.15) is 5.26 Å². The summed E-state index contributed by atoms with van der Waals surface area (Å²) in [5, 5.41) is 11.9. The number of hydrogen-bond acceptors (Lipinski definition) is 4. The number of nitrogens with zero attached hydrogens (tertiary/aromatic N) is 2. The number of aromatic nitrogens is 1. The molecular weight excluding hydrogens is 213 g/mol. The van der Waals surface area contributed by atoms with Gasteiger partial charge in [0, 0.05) is 0 Å². The lowest BCUT2D eigenvalue weighted by atomic mass is 10.3. The quantitative estimate of drug-likeness (QED) is 0.844. The molecule has 1 heterocycles. The summed E-state index contributed by atoms with van der Waals surface area (Å²) in [5.74, 6) is -0.341. The minimum absolute atomic E-state index is 0.341. The summed E-state index contributed by atoms with van der Waals surface area (Å²) in [5.41, 5.74) is 0.358. The van der Waals surface area contributed by atoms with Gasteiger partial charge < -0.3 is 5.32 Å². The lowest BCUT2D eigenvalue weighted by Gasteiger charge is -2.02. The molecule has 0 bridgehead atoms. The molecular formula is C10H6FN3S. The third kappa shape index (κ3) is 2.11. The van der Waals surface area contributed by atoms with Crippen molar-refractivity contribution in [3.63, 3.8) is 0 Å². The molecule has 0 aliphatic carbocycles. The normalized spacial score (nSPS) is 9.60. The summed E-state index contributed by atoms with van der Waals surface area (Å²) in [6.45, 7) is 0. The number of hydrogen-bond donors (Lipinski definition) is 1. The van der Waals surface area contributed by atoms with Gasteiger partial charge in [-0.25, -0.2) is 9.37 Å². The highest BCUT2D eigenvalue weighted by Gasteiger charge is 2.04. The second-order valence-electron chi connectivity index (χ2n) is 2.75. The van der Waals surface area contributed by atoms with Crippen molar-refractivity contribution in [2.45, 2.75) is 0 Å². The van der Waals surface area contributed by atoms with Gasteiger partial charge in [0.25, 0.3) is 0 Å². The fraction of sp³-hybridized carbons (Fsp3) is 0. The first-order chi connectivity index (χ1) is 7.29. The van der Waals surface area contributed by atoms with Gasteiger partial charge in [-0.15, -0.1) is 0 Å². The van der Waals surface area contributed by atoms with E-state index in [1.54, 1.807) is 18.2 Å². The van der Waals surface area contributed by atoms with Crippen molar-refractivity contribution in [2.24, 2.45) is 0 Å². The van der Waals surface area contributed by atoms with Gasteiger partial charge in [-0.1, -0.05) is 23.5 Å². The fourth-order valence-corrected chi connectivity index (χ4v) is 1.69. The molecule has 0 spiro atoms. The molecule has 15 heavy (non-hydrogen) atoms. The minimum atomic E-state index is -0.341. The van der Waals surface area contributed by atoms with Gasteiger partial charge in [-0.3, -0.25) is 0 Å². The van der Waals surface area contributed by atoms with Crippen molar-refractivity contribution >= 4 is 22.2 Å². The number of thiazole rings is 1. The number of benzene rings is 1. The summed E-state index contributed by atoms with van der Waals surface area (Å²) >= 11 is 1.19. The number of halogens is 1. The number of rotatable bonds is 2. The van der Waals surface area contributed by atoms with Crippen LogP contribution in [0.25, 0.3) is 0 Å². The van der Waals surface area contributed by atoms with Crippen LogP contribution in [0.4, 0.5) is 15.2 Å². The monoisotopic (exact) mass is 219 g/mol. The van der Waals surface area contributed by atoms with Crippen molar-refractivity contribution in [1.29, 1.82) is 5.26 Å². The molecule has 1 aromatic carbocycles. The first kappa shape index (κ1) is 9.62. The van der Waals surface area contributed by atoms with Gasteiger partial charge in [0.1, 0.15) is 16.8 Å². The van der Waals surface area contributed by atoms with Crippen LogP contribution in [0.15, 0.2) is 30.5 Å². The molecule has 0 radical (unpaired) electrons. The van der Waals surface area contributed by atoms with E-state index in [1.807, 2.05) is 6.07 Å². The highest BCUT2D eigenvalue weighted by Crippen LogP contribution is 2.23. The van der Waals surface area contributed by atoms with E-state index in [2.05, 4.69) is 10.3 Å². The van der Waals surface area contributed by atoms with E-state index in [-0.39, 0.29) is 5.82 Å². The van der Waals surface area contributed by atoms with Crippen LogP contribution < -0.4 is 5.32 Å². The van der Waals surface area contributed by atoms with E-state index in [9.17, 15) is 4.39 Å². The maximum absolute atomic E-state index is 13.2. The molecule has 1 aromatic heterocycles. The Labute approximate surface area is 89.8 Å². The van der Waals surface area contributed by atoms with Gasteiger partial charge in [0.15, 0.2) is 5.13 Å². The van der Waals surface area contributed by atoms with Crippen LogP contribution in [0.3, 0.4) is 0 Å². The van der Waals surface area contributed by atoms with Crippen molar-refractivity contribution in [3.8, 4) is 6.07 Å². The molecule has 0 atom stereocenters. The van der Waals surface area contributed by atoms with Crippen LogP contribution in [0, 0.1) is 17.1 Å². The predicted octanol–water partition coefficient (Wildman–Crippen LogP) is 2.90. The standard InChI is InChI=1S/C10H6FN3S/c11-8-3-1-2-4-9(8)14-10-13-6-7(5-12)15-10/h1-4,6H,(H,13,14). The van der Waals surface area contributed by atoms with Gasteiger partial charge in [-0.05, 0) is 12.1 Å². The van der Waals surface area contributed by atoms with E-state index < -0.39 is 0 Å². The van der Waals surface area contributed by atoms with Crippen molar-refractivity contribution in [2.75, 3.05) is 5.32 Å². The van der Waals surface area contributed by atoms with E-state index in [0.29, 0.717) is 15.7 Å². The van der Waals surface area contributed by atoms with Crippen LogP contribution in [-0.4, -0.2) is 4.98 Å². The Bertz CT molecular complexity index is 515. The summed E-state index contributed by atoms with van der Waals surface area (Å²) in [6.07, 6.45) is 1.45. The number of nitrogens with one attached hydrogen (secondary N) is 1. The molecule has 0 aliphatic heterocycles. The Morgan fingerprint density at radius 2 is 2.20 bits per heavy atom. The zero-order chi connectivity index (χ0) is 10.7. The minimum Gasteiger partial charge on any atom is -0.329 e. The predicted molar refractivity (Wildman–Crippen MR) is 56.5 cm³/mol. The molecule has 2 aromatic rings. The first-order valence-electron chi connectivity index (χ1n) is 4.17. The lowest BCUT2D eigenvalue weighted by molar-refractivity contribution is 0.632. The molecule has 3 nitrogen and oxygen atoms in total. The molecule has 5 heteroatoms. The highest BCUT2D eigenvalue weighted by molar-refractivity contribution is 7.16. The van der Waals surface area contributed by atoms with Gasteiger partial charge in [0.05, 0.1) is 11.9 Å². The maximum atomic E-state index is 13.2. The second-order valence-corrected chi connectivity index (χ2v) is 3.78. The SMILES string of the molecule is N#Cc1cnc(Nc2ccccc2F)s1. The molecule has 0 saturated carbocycles. The zero-order valence-corrected chi connectivity index (χ0v) is 8.38. The van der Waals surface area contributed by atoms with Crippen LogP contribution in [0.2, 0.25) is 0 Å². The van der Waals surface area contributed by atoms with Crippen LogP contribution in [0.1, 0.15) is 4.88 Å². The van der Waals surface area contributed by atoms with Crippen molar-refractivity contribution in [1.82, 2.24) is 4.98 Å². The average Bonchev–Trinajstić information content (AvgIpc) is 2.69. The van der Waals surface area contributed by atoms with E-state index in [1.165, 1.54) is 23.6 Å². The van der Waals surface area contributed by atoms with Crippen LogP contribution >= 0.6 is 11.3 Å². The van der Waals surface area contributed by atoms with E-state index in [0.717, 1.165) is 0 Å². The molecule has 74 valence electrons. The molecule has 0 amide bonds. The molecule has 0 aliphatic rings. The van der Waals surface area contributed by atoms with Crippen molar-refractivity contribution < 1.29 is 4.39 Å². The van der Waals surface area contributed by atoms with Crippen LogP contribution in [0.5, 0.6) is 0 Å².